The highest BCUT2D eigenvalue weighted by Crippen LogP contribution is 2.23. The summed E-state index contributed by atoms with van der Waals surface area (Å²) in [5.74, 6) is 0.553. The maximum Gasteiger partial charge on any atom is 0.243 e. The number of benzene rings is 1. The van der Waals surface area contributed by atoms with E-state index >= 15 is 0 Å². The van der Waals surface area contributed by atoms with Crippen molar-refractivity contribution in [2.75, 3.05) is 19.6 Å². The van der Waals surface area contributed by atoms with E-state index < -0.39 is 16.1 Å². The van der Waals surface area contributed by atoms with Gasteiger partial charge in [-0.25, -0.2) is 8.42 Å². The molecule has 25 heavy (non-hydrogen) atoms. The van der Waals surface area contributed by atoms with Gasteiger partial charge < -0.3 is 11.1 Å². The monoisotopic (exact) mass is 367 g/mol. The number of hydrogen-bond acceptors (Lipinski definition) is 4. The number of piperidine rings is 1. The zero-order valence-corrected chi connectivity index (χ0v) is 15.8. The molecule has 3 N–H and O–H groups in total. The Labute approximate surface area is 150 Å². The summed E-state index contributed by atoms with van der Waals surface area (Å²) >= 11 is 0. The molecule has 7 heteroatoms. The molecule has 0 aliphatic carbocycles. The number of nitrogens with two attached hydrogens (primary N) is 1. The van der Waals surface area contributed by atoms with E-state index in [0.717, 1.165) is 12.8 Å². The first kappa shape index (κ1) is 19.9. The van der Waals surface area contributed by atoms with Gasteiger partial charge in [0, 0.05) is 19.6 Å². The molecule has 1 amide bonds. The van der Waals surface area contributed by atoms with Crippen molar-refractivity contribution in [3.05, 3.63) is 30.3 Å². The fourth-order valence-electron chi connectivity index (χ4n) is 3.09. The van der Waals surface area contributed by atoms with E-state index in [1.165, 1.54) is 4.31 Å². The van der Waals surface area contributed by atoms with Crippen molar-refractivity contribution in [3.8, 4) is 0 Å². The summed E-state index contributed by atoms with van der Waals surface area (Å²) in [4.78, 5) is 12.3. The second-order valence-corrected chi connectivity index (χ2v) is 9.08. The number of nitrogens with zero attached hydrogens (tertiary/aromatic N) is 1. The van der Waals surface area contributed by atoms with E-state index in [1.807, 2.05) is 13.8 Å². The molecule has 0 unspecified atom stereocenters. The minimum absolute atomic E-state index is 0.118. The lowest BCUT2D eigenvalue weighted by Crippen LogP contribution is -2.45. The number of rotatable bonds is 7. The van der Waals surface area contributed by atoms with Gasteiger partial charge in [-0.1, -0.05) is 32.0 Å². The zero-order chi connectivity index (χ0) is 18.4. The molecule has 1 aliphatic rings. The van der Waals surface area contributed by atoms with Crippen LogP contribution in [0.3, 0.4) is 0 Å². The standard InChI is InChI=1S/C18H29N3O3S/c1-14(2)12-17(19)18(22)20-13-15-8-10-21(11-9-15)25(23,24)16-6-4-3-5-7-16/h3-7,14-15,17H,8-13,19H2,1-2H3,(H,20,22)/t17-/m0/s1. The molecule has 1 heterocycles. The van der Waals surface area contributed by atoms with Gasteiger partial charge in [0.1, 0.15) is 0 Å². The molecule has 0 radical (unpaired) electrons. The number of carbonyl (C=O) groups is 1. The van der Waals surface area contributed by atoms with E-state index in [1.54, 1.807) is 30.3 Å². The molecule has 1 atom stereocenters. The van der Waals surface area contributed by atoms with Crippen LogP contribution < -0.4 is 11.1 Å². The van der Waals surface area contributed by atoms with Crippen molar-refractivity contribution in [2.24, 2.45) is 17.6 Å². The van der Waals surface area contributed by atoms with Crippen molar-refractivity contribution >= 4 is 15.9 Å². The Morgan fingerprint density at radius 1 is 1.24 bits per heavy atom. The van der Waals surface area contributed by atoms with Crippen LogP contribution in [0, 0.1) is 11.8 Å². The fraction of sp³-hybridized carbons (Fsp3) is 0.611. The SMILES string of the molecule is CC(C)C[C@H](N)C(=O)NCC1CCN(S(=O)(=O)c2ccccc2)CC1. The highest BCUT2D eigenvalue weighted by Gasteiger charge is 2.29. The minimum atomic E-state index is -3.42. The van der Waals surface area contributed by atoms with E-state index in [-0.39, 0.29) is 11.8 Å². The van der Waals surface area contributed by atoms with Crippen LogP contribution in [-0.2, 0) is 14.8 Å². The van der Waals surface area contributed by atoms with Crippen LogP contribution in [0.25, 0.3) is 0 Å². The lowest BCUT2D eigenvalue weighted by molar-refractivity contribution is -0.122. The van der Waals surface area contributed by atoms with E-state index in [0.29, 0.717) is 36.9 Å². The summed E-state index contributed by atoms with van der Waals surface area (Å²) in [5, 5.41) is 2.91. The Hall–Kier alpha value is -1.44. The molecule has 0 aromatic heterocycles. The van der Waals surface area contributed by atoms with Gasteiger partial charge in [0.15, 0.2) is 0 Å². The Kier molecular flexibility index (Phi) is 6.98. The van der Waals surface area contributed by atoms with Crippen molar-refractivity contribution in [1.82, 2.24) is 9.62 Å². The topological polar surface area (TPSA) is 92.5 Å². The van der Waals surface area contributed by atoms with Crippen molar-refractivity contribution in [3.63, 3.8) is 0 Å². The predicted molar refractivity (Wildman–Crippen MR) is 98.4 cm³/mol. The van der Waals surface area contributed by atoms with Gasteiger partial charge in [-0.2, -0.15) is 4.31 Å². The average Bonchev–Trinajstić information content (AvgIpc) is 2.60. The van der Waals surface area contributed by atoms with Gasteiger partial charge in [0.25, 0.3) is 0 Å². The normalized spacial score (nSPS) is 18.2. The third kappa shape index (κ3) is 5.52. The molecular weight excluding hydrogens is 338 g/mol. The van der Waals surface area contributed by atoms with E-state index in [9.17, 15) is 13.2 Å². The fourth-order valence-corrected chi connectivity index (χ4v) is 4.58. The van der Waals surface area contributed by atoms with Crippen molar-refractivity contribution in [2.45, 2.75) is 44.0 Å². The molecule has 1 aromatic carbocycles. The number of amides is 1. The largest absolute Gasteiger partial charge is 0.354 e. The summed E-state index contributed by atoms with van der Waals surface area (Å²) in [6.45, 7) is 5.60. The van der Waals surface area contributed by atoms with Crippen LogP contribution >= 0.6 is 0 Å². The Bertz CT molecular complexity index is 653. The number of carbonyl (C=O) groups excluding carboxylic acids is 1. The first-order chi connectivity index (χ1) is 11.8. The molecule has 0 spiro atoms. The summed E-state index contributed by atoms with van der Waals surface area (Å²) in [6, 6.07) is 8.04. The van der Waals surface area contributed by atoms with Crippen LogP contribution in [0.1, 0.15) is 33.1 Å². The molecule has 140 valence electrons. The predicted octanol–water partition coefficient (Wildman–Crippen LogP) is 1.58. The van der Waals surface area contributed by atoms with E-state index in [4.69, 9.17) is 5.73 Å². The molecule has 1 fully saturated rings. The number of nitrogens with one attached hydrogen (secondary N) is 1. The maximum absolute atomic E-state index is 12.6. The third-order valence-electron chi connectivity index (χ3n) is 4.58. The van der Waals surface area contributed by atoms with Gasteiger partial charge in [-0.15, -0.1) is 0 Å². The summed E-state index contributed by atoms with van der Waals surface area (Å²) < 4.78 is 26.7. The minimum Gasteiger partial charge on any atom is -0.354 e. The molecule has 0 saturated carbocycles. The van der Waals surface area contributed by atoms with Gasteiger partial charge in [0.2, 0.25) is 15.9 Å². The Balaban J connectivity index is 1.81. The van der Waals surface area contributed by atoms with Gasteiger partial charge in [-0.3, -0.25) is 4.79 Å². The van der Waals surface area contributed by atoms with Gasteiger partial charge in [-0.05, 0) is 43.2 Å². The number of sulfonamides is 1. The molecule has 1 saturated heterocycles. The first-order valence-corrected chi connectivity index (χ1v) is 10.3. The van der Waals surface area contributed by atoms with Gasteiger partial charge >= 0.3 is 0 Å². The highest BCUT2D eigenvalue weighted by molar-refractivity contribution is 7.89. The Morgan fingerprint density at radius 2 is 1.84 bits per heavy atom. The van der Waals surface area contributed by atoms with Gasteiger partial charge in [0.05, 0.1) is 10.9 Å². The molecule has 1 aliphatic heterocycles. The quantitative estimate of drug-likeness (QED) is 0.765. The molecule has 6 nitrogen and oxygen atoms in total. The molecular formula is C18H29N3O3S. The second kappa shape index (κ2) is 8.78. The van der Waals surface area contributed by atoms with Crippen LogP contribution in [0.15, 0.2) is 35.2 Å². The Morgan fingerprint density at radius 3 is 2.40 bits per heavy atom. The smallest absolute Gasteiger partial charge is 0.243 e. The first-order valence-electron chi connectivity index (χ1n) is 8.89. The van der Waals surface area contributed by atoms with Crippen LogP contribution in [0.2, 0.25) is 0 Å². The van der Waals surface area contributed by atoms with Crippen molar-refractivity contribution in [1.29, 1.82) is 0 Å². The third-order valence-corrected chi connectivity index (χ3v) is 6.49. The molecule has 2 rings (SSSR count). The molecule has 0 bridgehead atoms. The zero-order valence-electron chi connectivity index (χ0n) is 15.0. The highest BCUT2D eigenvalue weighted by atomic mass is 32.2. The summed E-state index contributed by atoms with van der Waals surface area (Å²) in [5.41, 5.74) is 5.88. The van der Waals surface area contributed by atoms with Crippen LogP contribution in [-0.4, -0.2) is 44.3 Å². The molecule has 1 aromatic rings. The number of hydrogen-bond donors (Lipinski definition) is 2. The lowest BCUT2D eigenvalue weighted by atomic mass is 9.97. The lowest BCUT2D eigenvalue weighted by Gasteiger charge is -2.31. The van der Waals surface area contributed by atoms with Crippen LogP contribution in [0.4, 0.5) is 0 Å². The summed E-state index contributed by atoms with van der Waals surface area (Å²) in [7, 11) is -3.42. The van der Waals surface area contributed by atoms with Crippen LogP contribution in [0.5, 0.6) is 0 Å². The average molecular weight is 368 g/mol. The van der Waals surface area contributed by atoms with Crippen molar-refractivity contribution < 1.29 is 13.2 Å². The summed E-state index contributed by atoms with van der Waals surface area (Å²) in [6.07, 6.45) is 2.15. The maximum atomic E-state index is 12.6. The van der Waals surface area contributed by atoms with E-state index in [2.05, 4.69) is 5.32 Å². The second-order valence-electron chi connectivity index (χ2n) is 7.14.